The molecular weight excluding hydrogens is 230 g/mol. The van der Waals surface area contributed by atoms with Crippen molar-refractivity contribution in [2.75, 3.05) is 13.1 Å². The summed E-state index contributed by atoms with van der Waals surface area (Å²) in [5.41, 5.74) is 0. The van der Waals surface area contributed by atoms with Crippen LogP contribution in [0.5, 0.6) is 0 Å². The molecule has 0 aromatic carbocycles. The van der Waals surface area contributed by atoms with E-state index >= 15 is 0 Å². The van der Waals surface area contributed by atoms with Crippen molar-refractivity contribution in [3.63, 3.8) is 0 Å². The molecular formula is C10H21NO4S. The molecule has 0 bridgehead atoms. The lowest BCUT2D eigenvalue weighted by atomic mass is 10.1. The van der Waals surface area contributed by atoms with E-state index in [0.717, 1.165) is 6.42 Å². The van der Waals surface area contributed by atoms with Gasteiger partial charge in [-0.1, -0.05) is 27.2 Å². The van der Waals surface area contributed by atoms with Crippen molar-refractivity contribution in [1.29, 1.82) is 0 Å². The normalized spacial score (nSPS) is 16.1. The van der Waals surface area contributed by atoms with Crippen LogP contribution < -0.4 is 0 Å². The Balaban J connectivity index is 4.88. The number of aliphatic carboxylic acids is 1. The number of carboxylic acid groups (broad SMARTS) is 1. The van der Waals surface area contributed by atoms with Crippen molar-refractivity contribution >= 4 is 16.0 Å². The zero-order chi connectivity index (χ0) is 12.9. The van der Waals surface area contributed by atoms with Crippen LogP contribution >= 0.6 is 0 Å². The molecule has 6 heteroatoms. The van der Waals surface area contributed by atoms with E-state index in [0.29, 0.717) is 13.1 Å². The monoisotopic (exact) mass is 251 g/mol. The number of sulfonamides is 1. The van der Waals surface area contributed by atoms with Crippen LogP contribution in [0, 0.1) is 5.92 Å². The smallest absolute Gasteiger partial charge is 0.323 e. The van der Waals surface area contributed by atoms with E-state index in [2.05, 4.69) is 0 Å². The predicted octanol–water partition coefficient (Wildman–Crippen LogP) is 1.16. The zero-order valence-electron chi connectivity index (χ0n) is 10.3. The third-order valence-electron chi connectivity index (χ3n) is 2.72. The molecule has 0 radical (unpaired) electrons. The molecule has 96 valence electrons. The Morgan fingerprint density at radius 1 is 1.31 bits per heavy atom. The van der Waals surface area contributed by atoms with Gasteiger partial charge in [0.05, 0.1) is 0 Å². The molecule has 0 aromatic heterocycles. The zero-order valence-corrected chi connectivity index (χ0v) is 11.1. The second-order valence-electron chi connectivity index (χ2n) is 3.99. The number of nitrogens with zero attached hydrogens (tertiary/aromatic N) is 1. The van der Waals surface area contributed by atoms with Crippen molar-refractivity contribution < 1.29 is 18.3 Å². The fourth-order valence-electron chi connectivity index (χ4n) is 1.24. The number of rotatable bonds is 7. The molecule has 0 spiro atoms. The van der Waals surface area contributed by atoms with E-state index in [1.807, 2.05) is 13.8 Å². The van der Waals surface area contributed by atoms with Crippen LogP contribution in [-0.2, 0) is 14.8 Å². The molecule has 0 amide bonds. The van der Waals surface area contributed by atoms with Crippen molar-refractivity contribution in [2.24, 2.45) is 5.92 Å². The first-order chi connectivity index (χ1) is 7.27. The van der Waals surface area contributed by atoms with Crippen molar-refractivity contribution in [3.8, 4) is 0 Å². The Morgan fingerprint density at radius 3 is 2.12 bits per heavy atom. The minimum absolute atomic E-state index is 0.232. The van der Waals surface area contributed by atoms with Gasteiger partial charge in [0, 0.05) is 13.1 Å². The molecule has 0 aliphatic heterocycles. The Morgan fingerprint density at radius 2 is 1.81 bits per heavy atom. The number of carboxylic acids is 1. The lowest BCUT2D eigenvalue weighted by molar-refractivity contribution is -0.136. The summed E-state index contributed by atoms with van der Waals surface area (Å²) in [4.78, 5) is 10.7. The quantitative estimate of drug-likeness (QED) is 0.736. The fourth-order valence-corrected chi connectivity index (χ4v) is 2.76. The Bertz CT molecular complexity index is 326. The second kappa shape index (κ2) is 6.20. The number of hydrogen-bond acceptors (Lipinski definition) is 3. The average molecular weight is 251 g/mol. The molecule has 0 rings (SSSR count). The molecule has 0 aliphatic carbocycles. The van der Waals surface area contributed by atoms with Crippen LogP contribution in [0.3, 0.4) is 0 Å². The first-order valence-electron chi connectivity index (χ1n) is 5.49. The third-order valence-corrected chi connectivity index (χ3v) is 4.94. The highest BCUT2D eigenvalue weighted by Gasteiger charge is 2.33. The summed E-state index contributed by atoms with van der Waals surface area (Å²) in [5, 5.41) is 7.37. The standard InChI is InChI=1S/C10H21NO4S/c1-5-8(3)7-11(6-2)16(14,15)9(4)10(12)13/h8-9H,5-7H2,1-4H3,(H,12,13). The van der Waals surface area contributed by atoms with E-state index in [9.17, 15) is 13.2 Å². The van der Waals surface area contributed by atoms with Crippen LogP contribution in [0.4, 0.5) is 0 Å². The van der Waals surface area contributed by atoms with Gasteiger partial charge in [0.25, 0.3) is 0 Å². The lowest BCUT2D eigenvalue weighted by Gasteiger charge is -2.25. The molecule has 0 saturated carbocycles. The van der Waals surface area contributed by atoms with E-state index in [-0.39, 0.29) is 5.92 Å². The Labute approximate surface area is 97.5 Å². The summed E-state index contributed by atoms with van der Waals surface area (Å²) in [7, 11) is -3.72. The third kappa shape index (κ3) is 3.75. The van der Waals surface area contributed by atoms with Gasteiger partial charge < -0.3 is 5.11 Å². The summed E-state index contributed by atoms with van der Waals surface area (Å²) in [6.07, 6.45) is 0.869. The second-order valence-corrected chi connectivity index (χ2v) is 6.24. The van der Waals surface area contributed by atoms with Gasteiger partial charge in [0.1, 0.15) is 0 Å². The fraction of sp³-hybridized carbons (Fsp3) is 0.900. The maximum atomic E-state index is 11.9. The van der Waals surface area contributed by atoms with Gasteiger partial charge in [0.2, 0.25) is 10.0 Å². The van der Waals surface area contributed by atoms with Crippen molar-refractivity contribution in [3.05, 3.63) is 0 Å². The number of hydrogen-bond donors (Lipinski definition) is 1. The van der Waals surface area contributed by atoms with Gasteiger partial charge >= 0.3 is 5.97 Å². The van der Waals surface area contributed by atoms with Crippen molar-refractivity contribution in [2.45, 2.75) is 39.4 Å². The van der Waals surface area contributed by atoms with Gasteiger partial charge in [-0.3, -0.25) is 4.79 Å². The number of carbonyl (C=O) groups is 1. The van der Waals surface area contributed by atoms with Crippen LogP contribution in [0.2, 0.25) is 0 Å². The molecule has 0 saturated heterocycles. The molecule has 0 aromatic rings. The summed E-state index contributed by atoms with van der Waals surface area (Å²) >= 11 is 0. The summed E-state index contributed by atoms with van der Waals surface area (Å²) in [5.74, 6) is -1.07. The average Bonchev–Trinajstić information content (AvgIpc) is 2.23. The highest BCUT2D eigenvalue weighted by Crippen LogP contribution is 2.13. The van der Waals surface area contributed by atoms with Gasteiger partial charge in [-0.05, 0) is 12.8 Å². The Kier molecular flexibility index (Phi) is 5.96. The topological polar surface area (TPSA) is 74.7 Å². The van der Waals surface area contributed by atoms with E-state index < -0.39 is 21.2 Å². The highest BCUT2D eigenvalue weighted by atomic mass is 32.2. The van der Waals surface area contributed by atoms with Crippen LogP contribution in [0.1, 0.15) is 34.1 Å². The summed E-state index contributed by atoms with van der Waals surface area (Å²) in [6.45, 7) is 7.54. The minimum atomic E-state index is -3.72. The van der Waals surface area contributed by atoms with E-state index in [1.54, 1.807) is 6.92 Å². The Hall–Kier alpha value is -0.620. The highest BCUT2D eigenvalue weighted by molar-refractivity contribution is 7.90. The van der Waals surface area contributed by atoms with Gasteiger partial charge in [-0.2, -0.15) is 0 Å². The molecule has 5 nitrogen and oxygen atoms in total. The van der Waals surface area contributed by atoms with E-state index in [1.165, 1.54) is 11.2 Å². The predicted molar refractivity (Wildman–Crippen MR) is 62.7 cm³/mol. The van der Waals surface area contributed by atoms with Gasteiger partial charge in [0.15, 0.2) is 5.25 Å². The maximum Gasteiger partial charge on any atom is 0.323 e. The molecule has 0 heterocycles. The minimum Gasteiger partial charge on any atom is -0.480 e. The van der Waals surface area contributed by atoms with Gasteiger partial charge in [-0.25, -0.2) is 12.7 Å². The molecule has 1 N–H and O–H groups in total. The maximum absolute atomic E-state index is 11.9. The largest absolute Gasteiger partial charge is 0.480 e. The van der Waals surface area contributed by atoms with Crippen LogP contribution in [0.15, 0.2) is 0 Å². The van der Waals surface area contributed by atoms with Gasteiger partial charge in [-0.15, -0.1) is 0 Å². The molecule has 0 fully saturated rings. The molecule has 0 aliphatic rings. The first kappa shape index (κ1) is 15.4. The van der Waals surface area contributed by atoms with Crippen molar-refractivity contribution in [1.82, 2.24) is 4.31 Å². The van der Waals surface area contributed by atoms with Crippen LogP contribution in [0.25, 0.3) is 0 Å². The summed E-state index contributed by atoms with van der Waals surface area (Å²) in [6, 6.07) is 0. The molecule has 2 atom stereocenters. The molecule has 16 heavy (non-hydrogen) atoms. The summed E-state index contributed by atoms with van der Waals surface area (Å²) < 4.78 is 25.0. The van der Waals surface area contributed by atoms with Crippen LogP contribution in [-0.4, -0.2) is 42.1 Å². The van der Waals surface area contributed by atoms with E-state index in [4.69, 9.17) is 5.11 Å². The SMILES string of the molecule is CCC(C)CN(CC)S(=O)(=O)C(C)C(=O)O. The lowest BCUT2D eigenvalue weighted by Crippen LogP contribution is -2.42. The molecule has 2 unspecified atom stereocenters. The first-order valence-corrected chi connectivity index (χ1v) is 6.99.